The summed E-state index contributed by atoms with van der Waals surface area (Å²) in [5, 5.41) is 6.43. The van der Waals surface area contributed by atoms with Crippen LogP contribution in [0.4, 0.5) is 0 Å². The second kappa shape index (κ2) is 12.0. The molecule has 0 unspecified atom stereocenters. The average Bonchev–Trinajstić information content (AvgIpc) is 2.61. The molecular formula is C17H28IN5O. The van der Waals surface area contributed by atoms with Crippen molar-refractivity contribution in [1.29, 1.82) is 0 Å². The Labute approximate surface area is 161 Å². The van der Waals surface area contributed by atoms with Gasteiger partial charge in [0, 0.05) is 44.5 Å². The molecule has 0 aliphatic carbocycles. The molecule has 0 aromatic carbocycles. The lowest BCUT2D eigenvalue weighted by molar-refractivity contribution is -0.130. The molecule has 0 spiro atoms. The molecule has 6 nitrogen and oxygen atoms in total. The Kier molecular flexibility index (Phi) is 10.4. The van der Waals surface area contributed by atoms with E-state index >= 15 is 0 Å². The zero-order chi connectivity index (χ0) is 16.3. The van der Waals surface area contributed by atoms with E-state index in [9.17, 15) is 4.79 Å². The number of halogens is 1. The number of carbonyl (C=O) groups excluding carboxylic acids is 1. The molecular weight excluding hydrogens is 417 g/mol. The first-order valence-corrected chi connectivity index (χ1v) is 8.49. The van der Waals surface area contributed by atoms with E-state index in [0.29, 0.717) is 5.96 Å². The summed E-state index contributed by atoms with van der Waals surface area (Å²) in [6.45, 7) is 5.48. The molecule has 0 atom stereocenters. The molecule has 24 heavy (non-hydrogen) atoms. The monoisotopic (exact) mass is 445 g/mol. The second-order valence-corrected chi connectivity index (χ2v) is 5.63. The Morgan fingerprint density at radius 1 is 1.25 bits per heavy atom. The lowest BCUT2D eigenvalue weighted by Crippen LogP contribution is -2.41. The van der Waals surface area contributed by atoms with Crippen LogP contribution >= 0.6 is 24.0 Å². The Bertz CT molecular complexity index is 503. The molecule has 7 heteroatoms. The Hall–Kier alpha value is -1.38. The number of hydrogen-bond acceptors (Lipinski definition) is 3. The van der Waals surface area contributed by atoms with Crippen molar-refractivity contribution in [2.24, 2.45) is 4.99 Å². The van der Waals surface area contributed by atoms with Crippen molar-refractivity contribution in [2.45, 2.75) is 32.6 Å². The number of hydrogen-bond donors (Lipinski definition) is 2. The molecule has 2 rings (SSSR count). The highest BCUT2D eigenvalue weighted by atomic mass is 127. The number of nitrogens with zero attached hydrogens (tertiary/aromatic N) is 3. The van der Waals surface area contributed by atoms with Gasteiger partial charge in [-0.1, -0.05) is 6.07 Å². The first-order chi connectivity index (χ1) is 11.3. The summed E-state index contributed by atoms with van der Waals surface area (Å²) in [6, 6.07) is 5.90. The number of aliphatic imine (C=N–C) groups is 1. The maximum Gasteiger partial charge on any atom is 0.244 e. The van der Waals surface area contributed by atoms with E-state index in [-0.39, 0.29) is 36.4 Å². The zero-order valence-corrected chi connectivity index (χ0v) is 16.7. The molecule has 134 valence electrons. The van der Waals surface area contributed by atoms with E-state index in [1.54, 1.807) is 6.20 Å². The first kappa shape index (κ1) is 20.7. The van der Waals surface area contributed by atoms with Gasteiger partial charge in [0.25, 0.3) is 0 Å². The number of piperidine rings is 1. The quantitative estimate of drug-likeness (QED) is 0.398. The summed E-state index contributed by atoms with van der Waals surface area (Å²) in [5.74, 6) is 0.806. The van der Waals surface area contributed by atoms with Crippen LogP contribution in [0.25, 0.3) is 0 Å². The third-order valence-electron chi connectivity index (χ3n) is 3.83. The van der Waals surface area contributed by atoms with Crippen molar-refractivity contribution in [3.63, 3.8) is 0 Å². The van der Waals surface area contributed by atoms with Crippen molar-refractivity contribution in [1.82, 2.24) is 20.5 Å². The van der Waals surface area contributed by atoms with E-state index < -0.39 is 0 Å². The molecule has 1 fully saturated rings. The highest BCUT2D eigenvalue weighted by molar-refractivity contribution is 14.0. The minimum Gasteiger partial charge on any atom is -0.357 e. The average molecular weight is 445 g/mol. The summed E-state index contributed by atoms with van der Waals surface area (Å²) in [7, 11) is 0. The number of aromatic nitrogens is 1. The first-order valence-electron chi connectivity index (χ1n) is 8.49. The molecule has 1 aliphatic rings. The molecule has 1 aliphatic heterocycles. The fourth-order valence-electron chi connectivity index (χ4n) is 2.59. The van der Waals surface area contributed by atoms with Crippen LogP contribution in [0.2, 0.25) is 0 Å². The van der Waals surface area contributed by atoms with Crippen molar-refractivity contribution < 1.29 is 4.79 Å². The lowest BCUT2D eigenvalue weighted by atomic mass is 10.1. The summed E-state index contributed by atoms with van der Waals surface area (Å²) >= 11 is 0. The van der Waals surface area contributed by atoms with Gasteiger partial charge >= 0.3 is 0 Å². The molecule has 0 radical (unpaired) electrons. The van der Waals surface area contributed by atoms with Crippen LogP contribution in [-0.2, 0) is 11.2 Å². The SMILES string of the molecule is CCNC(=NCC(=O)N1CCCCC1)NCCc1ccccn1.I. The van der Waals surface area contributed by atoms with Crippen molar-refractivity contribution in [3.8, 4) is 0 Å². The van der Waals surface area contributed by atoms with Gasteiger partial charge in [0.2, 0.25) is 5.91 Å². The third-order valence-corrected chi connectivity index (χ3v) is 3.83. The fraction of sp³-hybridized carbons (Fsp3) is 0.588. The summed E-state index contributed by atoms with van der Waals surface area (Å²) < 4.78 is 0. The van der Waals surface area contributed by atoms with E-state index in [0.717, 1.165) is 51.1 Å². The lowest BCUT2D eigenvalue weighted by Gasteiger charge is -2.26. The Morgan fingerprint density at radius 3 is 2.71 bits per heavy atom. The standard InChI is InChI=1S/C17H27N5O.HI/c1-2-18-17(20-11-9-15-8-4-5-10-19-15)21-14-16(23)22-12-6-3-7-13-22;/h4-5,8,10H,2-3,6-7,9,11-14H2,1H3,(H2,18,20,21);1H. The van der Waals surface area contributed by atoms with Crippen molar-refractivity contribution in [3.05, 3.63) is 30.1 Å². The minimum atomic E-state index is 0. The van der Waals surface area contributed by atoms with Crippen LogP contribution in [0.1, 0.15) is 31.9 Å². The number of guanidine groups is 1. The van der Waals surface area contributed by atoms with E-state index in [1.807, 2.05) is 30.0 Å². The maximum atomic E-state index is 12.2. The topological polar surface area (TPSA) is 69.6 Å². The molecule has 2 heterocycles. The molecule has 0 saturated carbocycles. The Morgan fingerprint density at radius 2 is 2.04 bits per heavy atom. The van der Waals surface area contributed by atoms with Crippen LogP contribution in [0.5, 0.6) is 0 Å². The van der Waals surface area contributed by atoms with Gasteiger partial charge in [-0.3, -0.25) is 9.78 Å². The number of pyridine rings is 1. The van der Waals surface area contributed by atoms with E-state index in [2.05, 4.69) is 20.6 Å². The van der Waals surface area contributed by atoms with Gasteiger partial charge in [-0.25, -0.2) is 4.99 Å². The van der Waals surface area contributed by atoms with Crippen molar-refractivity contribution in [2.75, 3.05) is 32.7 Å². The third kappa shape index (κ3) is 7.46. The van der Waals surface area contributed by atoms with Gasteiger partial charge in [0.05, 0.1) is 0 Å². The highest BCUT2D eigenvalue weighted by Crippen LogP contribution is 2.08. The normalized spacial score (nSPS) is 14.7. The molecule has 1 amide bonds. The van der Waals surface area contributed by atoms with Crippen LogP contribution in [0.3, 0.4) is 0 Å². The number of rotatable bonds is 6. The molecule has 1 saturated heterocycles. The Balaban J connectivity index is 0.00000288. The number of likely N-dealkylation sites (tertiary alicyclic amines) is 1. The predicted molar refractivity (Wildman–Crippen MR) is 108 cm³/mol. The van der Waals surface area contributed by atoms with Gasteiger partial charge in [0.1, 0.15) is 6.54 Å². The number of nitrogens with one attached hydrogen (secondary N) is 2. The molecule has 1 aromatic heterocycles. The summed E-state index contributed by atoms with van der Waals surface area (Å²) in [4.78, 5) is 22.8. The van der Waals surface area contributed by atoms with Crippen molar-refractivity contribution >= 4 is 35.8 Å². The highest BCUT2D eigenvalue weighted by Gasteiger charge is 2.15. The van der Waals surface area contributed by atoms with E-state index in [1.165, 1.54) is 6.42 Å². The smallest absolute Gasteiger partial charge is 0.244 e. The fourth-order valence-corrected chi connectivity index (χ4v) is 2.59. The van der Waals surface area contributed by atoms with Gasteiger partial charge in [-0.2, -0.15) is 0 Å². The van der Waals surface area contributed by atoms with Crippen LogP contribution in [0, 0.1) is 0 Å². The van der Waals surface area contributed by atoms with E-state index in [4.69, 9.17) is 0 Å². The van der Waals surface area contributed by atoms with Crippen LogP contribution in [0.15, 0.2) is 29.4 Å². The van der Waals surface area contributed by atoms with Crippen LogP contribution < -0.4 is 10.6 Å². The molecule has 1 aromatic rings. The zero-order valence-electron chi connectivity index (χ0n) is 14.3. The van der Waals surface area contributed by atoms with Gasteiger partial charge in [-0.05, 0) is 38.3 Å². The van der Waals surface area contributed by atoms with Gasteiger partial charge in [-0.15, -0.1) is 24.0 Å². The predicted octanol–water partition coefficient (Wildman–Crippen LogP) is 1.81. The number of amides is 1. The largest absolute Gasteiger partial charge is 0.357 e. The summed E-state index contributed by atoms with van der Waals surface area (Å²) in [6.07, 6.45) is 6.07. The minimum absolute atomic E-state index is 0. The molecule has 2 N–H and O–H groups in total. The number of carbonyl (C=O) groups is 1. The second-order valence-electron chi connectivity index (χ2n) is 5.63. The van der Waals surface area contributed by atoms with Crippen LogP contribution in [-0.4, -0.2) is 54.5 Å². The molecule has 0 bridgehead atoms. The maximum absolute atomic E-state index is 12.2. The van der Waals surface area contributed by atoms with Gasteiger partial charge < -0.3 is 15.5 Å². The summed E-state index contributed by atoms with van der Waals surface area (Å²) in [5.41, 5.74) is 1.04. The van der Waals surface area contributed by atoms with Gasteiger partial charge in [0.15, 0.2) is 5.96 Å².